The summed E-state index contributed by atoms with van der Waals surface area (Å²) in [5.41, 5.74) is 5.26. The molecule has 0 aliphatic heterocycles. The van der Waals surface area contributed by atoms with Crippen LogP contribution in [0.1, 0.15) is 59.5 Å². The van der Waals surface area contributed by atoms with Crippen LogP contribution in [0.2, 0.25) is 0 Å². The van der Waals surface area contributed by atoms with Crippen LogP contribution in [-0.4, -0.2) is 23.3 Å². The van der Waals surface area contributed by atoms with E-state index in [2.05, 4.69) is 0 Å². The predicted molar refractivity (Wildman–Crippen MR) is 134 cm³/mol. The van der Waals surface area contributed by atoms with Crippen molar-refractivity contribution in [2.24, 2.45) is 10.8 Å². The molecule has 0 aromatic heterocycles. The molecular formula is C28H26Cl2O2. The number of hydrogen-bond acceptors (Lipinski definition) is 2. The topological polar surface area (TPSA) is 34.1 Å². The fourth-order valence-electron chi connectivity index (χ4n) is 4.29. The Morgan fingerprint density at radius 2 is 0.906 bits per heavy atom. The first kappa shape index (κ1) is 22.8. The van der Waals surface area contributed by atoms with Crippen molar-refractivity contribution in [2.45, 2.75) is 27.7 Å². The molecule has 2 aliphatic carbocycles. The van der Waals surface area contributed by atoms with Crippen molar-refractivity contribution in [3.63, 3.8) is 0 Å². The lowest BCUT2D eigenvalue weighted by Gasteiger charge is -2.32. The quantitative estimate of drug-likeness (QED) is 0.442. The van der Waals surface area contributed by atoms with Gasteiger partial charge in [0.1, 0.15) is 0 Å². The molecule has 164 valence electrons. The molecule has 2 nitrogen and oxygen atoms in total. The van der Waals surface area contributed by atoms with E-state index in [1.54, 1.807) is 0 Å². The monoisotopic (exact) mass is 464 g/mol. The van der Waals surface area contributed by atoms with E-state index in [9.17, 15) is 9.59 Å². The average Bonchev–Trinajstić information content (AvgIpc) is 2.80. The van der Waals surface area contributed by atoms with Crippen LogP contribution in [0.3, 0.4) is 0 Å². The third kappa shape index (κ3) is 3.60. The summed E-state index contributed by atoms with van der Waals surface area (Å²) in [6, 6.07) is 15.3. The van der Waals surface area contributed by atoms with Crippen LogP contribution < -0.4 is 0 Å². The van der Waals surface area contributed by atoms with Crippen LogP contribution in [0.4, 0.5) is 0 Å². The highest BCUT2D eigenvalue weighted by molar-refractivity contribution is 6.25. The number of hydrogen-bond donors (Lipinski definition) is 0. The van der Waals surface area contributed by atoms with Crippen molar-refractivity contribution in [1.82, 2.24) is 0 Å². The summed E-state index contributed by atoms with van der Waals surface area (Å²) < 4.78 is 0. The smallest absolute Gasteiger partial charge is 0.190 e. The van der Waals surface area contributed by atoms with Crippen molar-refractivity contribution in [2.75, 3.05) is 11.8 Å². The van der Waals surface area contributed by atoms with Gasteiger partial charge in [0.15, 0.2) is 11.6 Å². The van der Waals surface area contributed by atoms with Gasteiger partial charge in [-0.05, 0) is 34.4 Å². The average molecular weight is 465 g/mol. The molecule has 0 saturated heterocycles. The normalized spacial score (nSPS) is 18.7. The molecule has 0 bridgehead atoms. The van der Waals surface area contributed by atoms with E-state index in [1.165, 1.54) is 0 Å². The lowest BCUT2D eigenvalue weighted by molar-refractivity contribution is 0.1000. The van der Waals surface area contributed by atoms with Gasteiger partial charge in [0.05, 0.1) is 0 Å². The lowest BCUT2D eigenvalue weighted by Crippen LogP contribution is -2.28. The molecule has 2 aliphatic rings. The molecule has 0 saturated carbocycles. The van der Waals surface area contributed by atoms with Gasteiger partial charge in [-0.2, -0.15) is 0 Å². The van der Waals surface area contributed by atoms with Crippen LogP contribution in [0.25, 0.3) is 11.1 Å². The number of carbonyl (C=O) groups is 2. The van der Waals surface area contributed by atoms with Gasteiger partial charge >= 0.3 is 0 Å². The van der Waals surface area contributed by atoms with Crippen LogP contribution in [0.15, 0.2) is 71.8 Å². The zero-order valence-electron chi connectivity index (χ0n) is 18.8. The molecule has 0 atom stereocenters. The second kappa shape index (κ2) is 8.17. The molecule has 4 heteroatoms. The molecule has 0 N–H and O–H groups in total. The second-order valence-corrected chi connectivity index (χ2v) is 10.3. The minimum absolute atomic E-state index is 0.000983. The van der Waals surface area contributed by atoms with Crippen LogP contribution in [0, 0.1) is 10.8 Å². The molecule has 2 aromatic rings. The van der Waals surface area contributed by atoms with Crippen molar-refractivity contribution in [3.8, 4) is 0 Å². The molecule has 0 heterocycles. The fraction of sp³-hybridized carbons (Fsp3) is 0.286. The van der Waals surface area contributed by atoms with Gasteiger partial charge in [-0.3, -0.25) is 9.59 Å². The van der Waals surface area contributed by atoms with Gasteiger partial charge in [-0.25, -0.2) is 0 Å². The maximum absolute atomic E-state index is 13.4. The molecule has 0 unspecified atom stereocenters. The second-order valence-electron chi connectivity index (χ2n) is 9.73. The number of rotatable bonds is 4. The Kier molecular flexibility index (Phi) is 5.81. The van der Waals surface area contributed by atoms with E-state index < -0.39 is 10.8 Å². The standard InChI is InChI=1S/C28H26Cl2O2/c1-27(2,15-29)23-13-21(17-9-5-7-11-19(17)25(23)31)22-14-24(28(3,4)16-30)26(32)20-12-8-6-10-18(20)22/h5-14H,15-16H2,1-4H3/b22-21+. The number of benzene rings is 2. The van der Waals surface area contributed by atoms with Gasteiger partial charge in [0.2, 0.25) is 0 Å². The summed E-state index contributed by atoms with van der Waals surface area (Å²) in [6.45, 7) is 7.93. The first-order valence-electron chi connectivity index (χ1n) is 10.7. The number of halogens is 2. The summed E-state index contributed by atoms with van der Waals surface area (Å²) >= 11 is 12.5. The number of allylic oxidation sites excluding steroid dienone is 6. The zero-order chi connectivity index (χ0) is 23.3. The van der Waals surface area contributed by atoms with Gasteiger partial charge in [-0.15, -0.1) is 23.2 Å². The molecule has 32 heavy (non-hydrogen) atoms. The van der Waals surface area contributed by atoms with Gasteiger partial charge in [0, 0.05) is 44.9 Å². The largest absolute Gasteiger partial charge is 0.289 e. The highest BCUT2D eigenvalue weighted by Crippen LogP contribution is 2.45. The molecular weight excluding hydrogens is 439 g/mol. The van der Waals surface area contributed by atoms with Crippen molar-refractivity contribution < 1.29 is 9.59 Å². The van der Waals surface area contributed by atoms with Crippen molar-refractivity contribution >= 4 is 45.9 Å². The minimum Gasteiger partial charge on any atom is -0.289 e. The maximum atomic E-state index is 13.4. The Morgan fingerprint density at radius 1 is 0.594 bits per heavy atom. The number of carbonyl (C=O) groups excluding carboxylic acids is 2. The van der Waals surface area contributed by atoms with E-state index in [4.69, 9.17) is 23.2 Å². The summed E-state index contributed by atoms with van der Waals surface area (Å²) in [6.07, 6.45) is 3.94. The predicted octanol–water partition coefficient (Wildman–Crippen LogP) is 7.37. The van der Waals surface area contributed by atoms with Crippen LogP contribution >= 0.6 is 23.2 Å². The first-order chi connectivity index (χ1) is 15.1. The highest BCUT2D eigenvalue weighted by atomic mass is 35.5. The van der Waals surface area contributed by atoms with Gasteiger partial charge in [-0.1, -0.05) is 76.2 Å². The third-order valence-electron chi connectivity index (χ3n) is 6.41. The summed E-state index contributed by atoms with van der Waals surface area (Å²) in [5, 5.41) is 0. The van der Waals surface area contributed by atoms with E-state index in [0.717, 1.165) is 22.3 Å². The third-order valence-corrected chi connectivity index (χ3v) is 7.74. The Bertz CT molecular complexity index is 1130. The first-order valence-corrected chi connectivity index (χ1v) is 11.8. The summed E-state index contributed by atoms with van der Waals surface area (Å²) in [5.74, 6) is 0.650. The fourth-order valence-corrected chi connectivity index (χ4v) is 4.58. The van der Waals surface area contributed by atoms with E-state index >= 15 is 0 Å². The SMILES string of the molecule is CC(C)(CCl)C1=C/C(=C2/C=C(C(C)(C)CCl)C(=O)c3ccccc32)c2ccccc2C1=O. The molecule has 4 rings (SSSR count). The Labute approximate surface area is 199 Å². The molecule has 0 spiro atoms. The minimum atomic E-state index is -0.496. The lowest BCUT2D eigenvalue weighted by atomic mass is 9.71. The molecule has 2 aromatic carbocycles. The van der Waals surface area contributed by atoms with E-state index in [0.29, 0.717) is 34.0 Å². The number of fused-ring (bicyclic) bond motifs is 2. The Balaban J connectivity index is 2.12. The molecule has 0 amide bonds. The summed E-state index contributed by atoms with van der Waals surface area (Å²) in [4.78, 5) is 26.8. The highest BCUT2D eigenvalue weighted by Gasteiger charge is 2.37. The number of Topliss-reactive ketones (excluding diaryl/α,β-unsaturated/α-hetero) is 2. The molecule has 0 radical (unpaired) electrons. The van der Waals surface area contributed by atoms with Crippen molar-refractivity contribution in [1.29, 1.82) is 0 Å². The van der Waals surface area contributed by atoms with Gasteiger partial charge < -0.3 is 0 Å². The van der Waals surface area contributed by atoms with Gasteiger partial charge in [0.25, 0.3) is 0 Å². The van der Waals surface area contributed by atoms with E-state index in [1.807, 2.05) is 88.4 Å². The Hall–Kier alpha value is -2.42. The van der Waals surface area contributed by atoms with Crippen molar-refractivity contribution in [3.05, 3.63) is 94.1 Å². The maximum Gasteiger partial charge on any atom is 0.190 e. The number of alkyl halides is 2. The molecule has 0 fully saturated rings. The number of ketones is 2. The Morgan fingerprint density at radius 3 is 1.22 bits per heavy atom. The van der Waals surface area contributed by atoms with Crippen LogP contribution in [-0.2, 0) is 0 Å². The zero-order valence-corrected chi connectivity index (χ0v) is 20.3. The van der Waals surface area contributed by atoms with E-state index in [-0.39, 0.29) is 11.6 Å². The summed E-state index contributed by atoms with van der Waals surface area (Å²) in [7, 11) is 0. The van der Waals surface area contributed by atoms with Crippen LogP contribution in [0.5, 0.6) is 0 Å².